The molecular formula is C18H20FNO6. The van der Waals surface area contributed by atoms with E-state index in [2.05, 4.69) is 0 Å². The normalized spacial score (nSPS) is 19.6. The lowest BCUT2D eigenvalue weighted by Crippen LogP contribution is -2.46. The molecule has 0 bridgehead atoms. The molecular weight excluding hydrogens is 345 g/mol. The van der Waals surface area contributed by atoms with Crippen molar-refractivity contribution in [2.75, 3.05) is 26.8 Å². The number of carbonyl (C=O) groups excluding carboxylic acids is 2. The van der Waals surface area contributed by atoms with Crippen molar-refractivity contribution in [2.24, 2.45) is 0 Å². The number of esters is 1. The number of hydroxylamine groups is 2. The van der Waals surface area contributed by atoms with Crippen molar-refractivity contribution >= 4 is 17.7 Å². The number of hydrogen-bond acceptors (Lipinski definition) is 7. The van der Waals surface area contributed by atoms with E-state index in [0.717, 1.165) is 0 Å². The summed E-state index contributed by atoms with van der Waals surface area (Å²) in [6.45, 7) is 2.67. The fourth-order valence-corrected chi connectivity index (χ4v) is 3.23. The van der Waals surface area contributed by atoms with Gasteiger partial charge in [0.2, 0.25) is 0 Å². The Balaban J connectivity index is 2.05. The first-order valence-electron chi connectivity index (χ1n) is 8.37. The number of halogens is 1. The van der Waals surface area contributed by atoms with Gasteiger partial charge in [-0.2, -0.15) is 5.06 Å². The Hall–Kier alpha value is -2.45. The molecule has 2 aliphatic heterocycles. The van der Waals surface area contributed by atoms with Crippen molar-refractivity contribution in [1.82, 2.24) is 5.06 Å². The molecule has 1 aromatic rings. The second-order valence-corrected chi connectivity index (χ2v) is 5.96. The minimum Gasteiger partial charge on any atom is -0.447 e. The molecule has 0 radical (unpaired) electrons. The zero-order valence-electron chi connectivity index (χ0n) is 14.6. The standard InChI is InChI=1S/C18H20FNO6/c1-3-24-17(22)25-15-14(12-6-4-5-7-13(12)19)16(21)26-18(15)8-10-20(23-2)11-9-18/h4-7H,3,8-11H2,1-2H3. The van der Waals surface area contributed by atoms with E-state index in [1.165, 1.54) is 18.2 Å². The van der Waals surface area contributed by atoms with Gasteiger partial charge in [0.1, 0.15) is 11.4 Å². The Morgan fingerprint density at radius 3 is 2.62 bits per heavy atom. The predicted octanol–water partition coefficient (Wildman–Crippen LogP) is 2.66. The highest BCUT2D eigenvalue weighted by molar-refractivity contribution is 6.20. The molecule has 1 saturated heterocycles. The number of hydrogen-bond donors (Lipinski definition) is 0. The van der Waals surface area contributed by atoms with Crippen molar-refractivity contribution in [2.45, 2.75) is 25.4 Å². The van der Waals surface area contributed by atoms with Gasteiger partial charge >= 0.3 is 12.1 Å². The Morgan fingerprint density at radius 2 is 2.00 bits per heavy atom. The molecule has 2 heterocycles. The second-order valence-electron chi connectivity index (χ2n) is 5.96. The summed E-state index contributed by atoms with van der Waals surface area (Å²) in [5.41, 5.74) is -1.19. The van der Waals surface area contributed by atoms with Gasteiger partial charge in [-0.1, -0.05) is 18.2 Å². The molecule has 0 atom stereocenters. The zero-order valence-corrected chi connectivity index (χ0v) is 14.6. The van der Waals surface area contributed by atoms with E-state index in [0.29, 0.717) is 25.9 Å². The molecule has 0 N–H and O–H groups in total. The van der Waals surface area contributed by atoms with Crippen LogP contribution in [0, 0.1) is 5.82 Å². The predicted molar refractivity (Wildman–Crippen MR) is 88.1 cm³/mol. The molecule has 0 amide bonds. The number of piperidine rings is 1. The summed E-state index contributed by atoms with van der Waals surface area (Å²) in [5, 5.41) is 1.71. The van der Waals surface area contributed by atoms with Gasteiger partial charge in [0.25, 0.3) is 0 Å². The van der Waals surface area contributed by atoms with Gasteiger partial charge in [-0.15, -0.1) is 0 Å². The molecule has 1 spiro atoms. The van der Waals surface area contributed by atoms with Gasteiger partial charge < -0.3 is 19.0 Å². The first-order valence-corrected chi connectivity index (χ1v) is 8.37. The molecule has 1 fully saturated rings. The summed E-state index contributed by atoms with van der Waals surface area (Å²) in [5.74, 6) is -1.32. The molecule has 1 aromatic carbocycles. The highest BCUT2D eigenvalue weighted by atomic mass is 19.1. The Labute approximate surface area is 150 Å². The van der Waals surface area contributed by atoms with Crippen LogP contribution in [0.15, 0.2) is 30.0 Å². The van der Waals surface area contributed by atoms with Crippen LogP contribution in [-0.2, 0) is 23.8 Å². The average molecular weight is 365 g/mol. The molecule has 0 aliphatic carbocycles. The van der Waals surface area contributed by atoms with E-state index in [9.17, 15) is 14.0 Å². The smallest absolute Gasteiger partial charge is 0.447 e. The topological polar surface area (TPSA) is 74.3 Å². The molecule has 26 heavy (non-hydrogen) atoms. The monoisotopic (exact) mass is 365 g/mol. The Bertz CT molecular complexity index is 739. The largest absolute Gasteiger partial charge is 0.513 e. The highest BCUT2D eigenvalue weighted by Crippen LogP contribution is 2.45. The SMILES string of the molecule is CCOC(=O)OC1=C(c2ccccc2F)C(=O)OC12CCN(OC)CC2. The lowest BCUT2D eigenvalue weighted by molar-refractivity contribution is -0.183. The second kappa shape index (κ2) is 7.43. The first-order chi connectivity index (χ1) is 12.5. The van der Waals surface area contributed by atoms with E-state index in [4.69, 9.17) is 19.0 Å². The van der Waals surface area contributed by atoms with Gasteiger partial charge in [0, 0.05) is 31.5 Å². The van der Waals surface area contributed by atoms with E-state index in [-0.39, 0.29) is 23.5 Å². The summed E-state index contributed by atoms with van der Waals surface area (Å²) < 4.78 is 30.1. The van der Waals surface area contributed by atoms with Crippen LogP contribution in [-0.4, -0.2) is 49.6 Å². The van der Waals surface area contributed by atoms with Crippen molar-refractivity contribution in [3.8, 4) is 0 Å². The molecule has 2 aliphatic rings. The van der Waals surface area contributed by atoms with Crippen LogP contribution in [0.1, 0.15) is 25.3 Å². The van der Waals surface area contributed by atoms with Gasteiger partial charge in [0.05, 0.1) is 13.7 Å². The van der Waals surface area contributed by atoms with Crippen LogP contribution in [0.25, 0.3) is 5.57 Å². The quantitative estimate of drug-likeness (QED) is 0.760. The number of rotatable bonds is 4. The maximum atomic E-state index is 14.3. The molecule has 0 unspecified atom stereocenters. The summed E-state index contributed by atoms with van der Waals surface area (Å²) in [4.78, 5) is 29.7. The maximum Gasteiger partial charge on any atom is 0.513 e. The molecule has 0 aromatic heterocycles. The van der Waals surface area contributed by atoms with Crippen molar-refractivity contribution in [3.05, 3.63) is 41.4 Å². The van der Waals surface area contributed by atoms with Gasteiger partial charge in [-0.05, 0) is 13.0 Å². The third kappa shape index (κ3) is 3.30. The fourth-order valence-electron chi connectivity index (χ4n) is 3.23. The number of ether oxygens (including phenoxy) is 3. The Morgan fingerprint density at radius 1 is 1.31 bits per heavy atom. The lowest BCUT2D eigenvalue weighted by Gasteiger charge is -2.37. The number of carbonyl (C=O) groups is 2. The summed E-state index contributed by atoms with van der Waals surface area (Å²) in [6.07, 6.45) is -0.262. The van der Waals surface area contributed by atoms with Crippen LogP contribution in [0.5, 0.6) is 0 Å². The first kappa shape index (κ1) is 18.3. The van der Waals surface area contributed by atoms with Gasteiger partial charge in [0.15, 0.2) is 11.4 Å². The van der Waals surface area contributed by atoms with Crippen LogP contribution in [0.4, 0.5) is 9.18 Å². The molecule has 3 rings (SSSR count). The van der Waals surface area contributed by atoms with E-state index >= 15 is 0 Å². The average Bonchev–Trinajstić information content (AvgIpc) is 2.88. The van der Waals surface area contributed by atoms with Crippen LogP contribution in [0.3, 0.4) is 0 Å². The molecule has 0 saturated carbocycles. The van der Waals surface area contributed by atoms with Gasteiger partial charge in [-0.25, -0.2) is 14.0 Å². The number of nitrogens with zero attached hydrogens (tertiary/aromatic N) is 1. The van der Waals surface area contributed by atoms with Crippen molar-refractivity contribution in [1.29, 1.82) is 0 Å². The lowest BCUT2D eigenvalue weighted by atomic mass is 9.88. The van der Waals surface area contributed by atoms with Gasteiger partial charge in [-0.3, -0.25) is 0 Å². The van der Waals surface area contributed by atoms with Crippen LogP contribution >= 0.6 is 0 Å². The number of benzene rings is 1. The summed E-state index contributed by atoms with van der Waals surface area (Å²) in [7, 11) is 1.55. The van der Waals surface area contributed by atoms with Crippen molar-refractivity contribution < 1.29 is 33.0 Å². The minimum absolute atomic E-state index is 0.00167. The van der Waals surface area contributed by atoms with E-state index in [1.54, 1.807) is 25.2 Å². The third-order valence-electron chi connectivity index (χ3n) is 4.51. The highest BCUT2D eigenvalue weighted by Gasteiger charge is 2.53. The third-order valence-corrected chi connectivity index (χ3v) is 4.51. The van der Waals surface area contributed by atoms with Crippen LogP contribution in [0.2, 0.25) is 0 Å². The van der Waals surface area contributed by atoms with E-state index in [1.807, 2.05) is 0 Å². The Kier molecular flexibility index (Phi) is 5.24. The zero-order chi connectivity index (χ0) is 18.7. The molecule has 8 heteroatoms. The molecule has 7 nitrogen and oxygen atoms in total. The maximum absolute atomic E-state index is 14.3. The summed E-state index contributed by atoms with van der Waals surface area (Å²) in [6, 6.07) is 5.79. The fraction of sp³-hybridized carbons (Fsp3) is 0.444. The molecule has 140 valence electrons. The minimum atomic E-state index is -1.14. The summed E-state index contributed by atoms with van der Waals surface area (Å²) >= 11 is 0. The van der Waals surface area contributed by atoms with Crippen LogP contribution < -0.4 is 0 Å². The van der Waals surface area contributed by atoms with E-state index < -0.39 is 23.5 Å². The van der Waals surface area contributed by atoms with Crippen molar-refractivity contribution in [3.63, 3.8) is 0 Å².